The summed E-state index contributed by atoms with van der Waals surface area (Å²) in [5, 5.41) is 0. The molecule has 1 aromatic carbocycles. The Hall–Kier alpha value is -1.40. The fourth-order valence-corrected chi connectivity index (χ4v) is 1.30. The molecule has 0 saturated heterocycles. The van der Waals surface area contributed by atoms with Gasteiger partial charge in [0.25, 0.3) is 0 Å². The van der Waals surface area contributed by atoms with Crippen LogP contribution in [0.1, 0.15) is 25.0 Å². The van der Waals surface area contributed by atoms with Crippen LogP contribution < -0.4 is 0 Å². The van der Waals surface area contributed by atoms with Gasteiger partial charge in [-0.3, -0.25) is 0 Å². The average molecular weight is 175 g/mol. The van der Waals surface area contributed by atoms with Gasteiger partial charge in [0.15, 0.2) is 0 Å². The van der Waals surface area contributed by atoms with Crippen LogP contribution in [0.2, 0.25) is 0 Å². The van der Waals surface area contributed by atoms with E-state index in [2.05, 4.69) is 24.9 Å². The highest BCUT2D eigenvalue weighted by atomic mass is 16.1. The number of hydrogen-bond acceptors (Lipinski definition) is 2. The van der Waals surface area contributed by atoms with Gasteiger partial charge in [-0.05, 0) is 30.0 Å². The van der Waals surface area contributed by atoms with Crippen molar-refractivity contribution in [3.05, 3.63) is 29.3 Å². The van der Waals surface area contributed by atoms with E-state index in [0.717, 1.165) is 24.1 Å². The average Bonchev–Trinajstić information content (AvgIpc) is 2.19. The summed E-state index contributed by atoms with van der Waals surface area (Å²) in [6.45, 7) is 4.16. The van der Waals surface area contributed by atoms with Crippen molar-refractivity contribution in [2.24, 2.45) is 4.99 Å². The molecule has 1 aromatic rings. The van der Waals surface area contributed by atoms with Crippen LogP contribution in [0.5, 0.6) is 0 Å². The van der Waals surface area contributed by atoms with Crippen LogP contribution in [0.3, 0.4) is 0 Å². The number of hydrogen-bond donors (Lipinski definition) is 0. The standard InChI is InChI=1S/C11H13NO/c1-3-9-5-6-11(12-8-13)10(4-2)7-9/h5-7H,3-4H2,1-2H3. The third kappa shape index (κ3) is 2.27. The summed E-state index contributed by atoms with van der Waals surface area (Å²) in [6, 6.07) is 5.97. The molecule has 0 unspecified atom stereocenters. The molecule has 0 aliphatic carbocycles. The largest absolute Gasteiger partial charge is 0.240 e. The van der Waals surface area contributed by atoms with Gasteiger partial charge in [-0.2, -0.15) is 4.99 Å². The molecule has 0 amide bonds. The molecule has 0 atom stereocenters. The predicted octanol–water partition coefficient (Wildman–Crippen LogP) is 2.78. The number of benzene rings is 1. The highest BCUT2D eigenvalue weighted by molar-refractivity contribution is 5.54. The van der Waals surface area contributed by atoms with Crippen LogP contribution in [0.15, 0.2) is 23.2 Å². The van der Waals surface area contributed by atoms with Gasteiger partial charge >= 0.3 is 0 Å². The molecule has 0 aliphatic rings. The summed E-state index contributed by atoms with van der Waals surface area (Å²) in [5.74, 6) is 0. The zero-order valence-corrected chi connectivity index (χ0v) is 8.00. The summed E-state index contributed by atoms with van der Waals surface area (Å²) >= 11 is 0. The van der Waals surface area contributed by atoms with Crippen molar-refractivity contribution in [2.45, 2.75) is 26.7 Å². The Balaban J connectivity index is 3.15. The van der Waals surface area contributed by atoms with Crippen molar-refractivity contribution in [1.29, 1.82) is 0 Å². The van der Waals surface area contributed by atoms with Crippen LogP contribution in [-0.4, -0.2) is 6.08 Å². The molecule has 0 saturated carbocycles. The van der Waals surface area contributed by atoms with Crippen LogP contribution in [0, 0.1) is 0 Å². The molecule has 13 heavy (non-hydrogen) atoms. The first-order chi connectivity index (χ1) is 6.31. The molecule has 0 bridgehead atoms. The molecule has 2 nitrogen and oxygen atoms in total. The molecule has 0 radical (unpaired) electrons. The SMILES string of the molecule is CCc1ccc(N=C=O)c(CC)c1. The lowest BCUT2D eigenvalue weighted by atomic mass is 10.1. The summed E-state index contributed by atoms with van der Waals surface area (Å²) in [7, 11) is 0. The van der Waals surface area contributed by atoms with E-state index in [1.54, 1.807) is 6.08 Å². The lowest BCUT2D eigenvalue weighted by Gasteiger charge is -2.03. The maximum Gasteiger partial charge on any atom is 0.240 e. The van der Waals surface area contributed by atoms with E-state index in [4.69, 9.17) is 0 Å². The smallest absolute Gasteiger partial charge is 0.211 e. The molecular weight excluding hydrogens is 162 g/mol. The first kappa shape index (κ1) is 9.69. The van der Waals surface area contributed by atoms with Gasteiger partial charge in [0, 0.05) is 0 Å². The zero-order chi connectivity index (χ0) is 9.68. The summed E-state index contributed by atoms with van der Waals surface area (Å²) in [4.78, 5) is 13.8. The molecular formula is C11H13NO. The Morgan fingerprint density at radius 3 is 2.62 bits per heavy atom. The quantitative estimate of drug-likeness (QED) is 0.513. The Labute approximate surface area is 78.3 Å². The molecule has 0 N–H and O–H groups in total. The number of rotatable bonds is 3. The van der Waals surface area contributed by atoms with E-state index >= 15 is 0 Å². The Bertz CT molecular complexity index is 338. The predicted molar refractivity (Wildman–Crippen MR) is 53.0 cm³/mol. The minimum absolute atomic E-state index is 0.745. The third-order valence-electron chi connectivity index (χ3n) is 2.10. The van der Waals surface area contributed by atoms with Gasteiger partial charge in [-0.15, -0.1) is 0 Å². The second-order valence-corrected chi connectivity index (χ2v) is 2.87. The second kappa shape index (κ2) is 4.58. The van der Waals surface area contributed by atoms with Gasteiger partial charge in [0.1, 0.15) is 0 Å². The van der Waals surface area contributed by atoms with E-state index in [1.807, 2.05) is 12.1 Å². The van der Waals surface area contributed by atoms with Crippen LogP contribution >= 0.6 is 0 Å². The number of aliphatic imine (C=N–C) groups is 1. The first-order valence-corrected chi connectivity index (χ1v) is 4.51. The van der Waals surface area contributed by atoms with Crippen molar-refractivity contribution in [1.82, 2.24) is 0 Å². The summed E-state index contributed by atoms with van der Waals surface area (Å²) in [6.07, 6.45) is 3.48. The molecule has 0 fully saturated rings. The fourth-order valence-electron chi connectivity index (χ4n) is 1.30. The highest BCUT2D eigenvalue weighted by Gasteiger charge is 1.99. The Kier molecular flexibility index (Phi) is 3.41. The Morgan fingerprint density at radius 2 is 2.08 bits per heavy atom. The molecule has 0 aromatic heterocycles. The number of isocyanates is 1. The van der Waals surface area contributed by atoms with E-state index in [1.165, 1.54) is 5.56 Å². The first-order valence-electron chi connectivity index (χ1n) is 4.51. The molecule has 0 aliphatic heterocycles. The van der Waals surface area contributed by atoms with Crippen molar-refractivity contribution in [3.63, 3.8) is 0 Å². The molecule has 0 spiro atoms. The van der Waals surface area contributed by atoms with Crippen molar-refractivity contribution < 1.29 is 4.79 Å². The van der Waals surface area contributed by atoms with Crippen molar-refractivity contribution in [2.75, 3.05) is 0 Å². The second-order valence-electron chi connectivity index (χ2n) is 2.87. The minimum atomic E-state index is 0.745. The fraction of sp³-hybridized carbons (Fsp3) is 0.364. The maximum atomic E-state index is 10.1. The van der Waals surface area contributed by atoms with Crippen molar-refractivity contribution in [3.8, 4) is 0 Å². The molecule has 68 valence electrons. The molecule has 2 heteroatoms. The van der Waals surface area contributed by atoms with Crippen molar-refractivity contribution >= 4 is 11.8 Å². The van der Waals surface area contributed by atoms with Crippen LogP contribution in [0.4, 0.5) is 5.69 Å². The highest BCUT2D eigenvalue weighted by Crippen LogP contribution is 2.20. The third-order valence-corrected chi connectivity index (χ3v) is 2.10. The number of carbonyl (C=O) groups excluding carboxylic acids is 1. The normalized spacial score (nSPS) is 9.38. The summed E-state index contributed by atoms with van der Waals surface area (Å²) < 4.78 is 0. The topological polar surface area (TPSA) is 29.4 Å². The monoisotopic (exact) mass is 175 g/mol. The van der Waals surface area contributed by atoms with Gasteiger partial charge < -0.3 is 0 Å². The van der Waals surface area contributed by atoms with E-state index in [0.29, 0.717) is 0 Å². The van der Waals surface area contributed by atoms with E-state index in [9.17, 15) is 4.79 Å². The lowest BCUT2D eigenvalue weighted by molar-refractivity contribution is 0.565. The van der Waals surface area contributed by atoms with Crippen LogP contribution in [-0.2, 0) is 17.6 Å². The van der Waals surface area contributed by atoms with Crippen LogP contribution in [0.25, 0.3) is 0 Å². The Morgan fingerprint density at radius 1 is 1.31 bits per heavy atom. The van der Waals surface area contributed by atoms with Gasteiger partial charge in [-0.25, -0.2) is 4.79 Å². The lowest BCUT2D eigenvalue weighted by Crippen LogP contribution is -1.85. The van der Waals surface area contributed by atoms with Gasteiger partial charge in [0.05, 0.1) is 5.69 Å². The maximum absolute atomic E-state index is 10.1. The van der Waals surface area contributed by atoms with Gasteiger partial charge in [0.2, 0.25) is 6.08 Å². The summed E-state index contributed by atoms with van der Waals surface area (Å²) in [5.41, 5.74) is 3.14. The number of aryl methyl sites for hydroxylation is 2. The zero-order valence-electron chi connectivity index (χ0n) is 8.00. The van der Waals surface area contributed by atoms with Gasteiger partial charge in [-0.1, -0.05) is 26.0 Å². The minimum Gasteiger partial charge on any atom is -0.211 e. The van der Waals surface area contributed by atoms with E-state index in [-0.39, 0.29) is 0 Å². The number of nitrogens with zero attached hydrogens (tertiary/aromatic N) is 1. The van der Waals surface area contributed by atoms with E-state index < -0.39 is 0 Å². The molecule has 0 heterocycles. The molecule has 1 rings (SSSR count).